The van der Waals surface area contributed by atoms with Crippen molar-refractivity contribution in [2.75, 3.05) is 0 Å². The van der Waals surface area contributed by atoms with E-state index in [1.54, 1.807) is 0 Å². The van der Waals surface area contributed by atoms with Crippen molar-refractivity contribution in [1.82, 2.24) is 0 Å². The van der Waals surface area contributed by atoms with Crippen LogP contribution >= 0.6 is 11.3 Å². The molecule has 1 heteroatoms. The first-order valence-corrected chi connectivity index (χ1v) is 7.76. The number of thiophene rings is 1. The minimum Gasteiger partial charge on any atom is -0.135 e. The molecule has 19 heavy (non-hydrogen) atoms. The Morgan fingerprint density at radius 3 is 2.37 bits per heavy atom. The summed E-state index contributed by atoms with van der Waals surface area (Å²) in [7, 11) is 0. The van der Waals surface area contributed by atoms with Crippen LogP contribution in [-0.2, 0) is 11.8 Å². The average Bonchev–Trinajstić information content (AvgIpc) is 2.73. The molecule has 0 unspecified atom stereocenters. The normalized spacial score (nSPS) is 12.4. The van der Waals surface area contributed by atoms with Crippen molar-refractivity contribution in [3.8, 4) is 0 Å². The van der Waals surface area contributed by atoms with Crippen LogP contribution in [0.5, 0.6) is 0 Å². The van der Waals surface area contributed by atoms with Gasteiger partial charge in [0.25, 0.3) is 0 Å². The molecule has 0 amide bonds. The van der Waals surface area contributed by atoms with Gasteiger partial charge in [-0.1, -0.05) is 45.9 Å². The summed E-state index contributed by atoms with van der Waals surface area (Å²) in [5.74, 6) is 0. The van der Waals surface area contributed by atoms with Crippen LogP contribution in [0.3, 0.4) is 0 Å². The number of fused-ring (bicyclic) bond motifs is 3. The first kappa shape index (κ1) is 12.7. The molecule has 0 radical (unpaired) electrons. The predicted octanol–water partition coefficient (Wildman–Crippen LogP) is 5.91. The van der Waals surface area contributed by atoms with Crippen molar-refractivity contribution in [2.45, 2.75) is 39.5 Å². The largest absolute Gasteiger partial charge is 0.135 e. The average molecular weight is 268 g/mol. The summed E-state index contributed by atoms with van der Waals surface area (Å²) in [6.07, 6.45) is 1.11. The van der Waals surface area contributed by atoms with Crippen molar-refractivity contribution in [1.29, 1.82) is 0 Å². The highest BCUT2D eigenvalue weighted by atomic mass is 32.1. The van der Waals surface area contributed by atoms with Crippen molar-refractivity contribution in [3.05, 3.63) is 47.5 Å². The minimum absolute atomic E-state index is 0.214. The van der Waals surface area contributed by atoms with E-state index in [4.69, 9.17) is 0 Å². The van der Waals surface area contributed by atoms with Crippen LogP contribution in [0.25, 0.3) is 20.2 Å². The Morgan fingerprint density at radius 1 is 0.895 bits per heavy atom. The SMILES string of the molecule is CCc1ccc2c(c1)sc1ccc(C(C)(C)C)cc12. The van der Waals surface area contributed by atoms with E-state index in [9.17, 15) is 0 Å². The van der Waals surface area contributed by atoms with Gasteiger partial charge >= 0.3 is 0 Å². The van der Waals surface area contributed by atoms with Gasteiger partial charge in [0.2, 0.25) is 0 Å². The molecule has 98 valence electrons. The molecule has 1 heterocycles. The number of hydrogen-bond donors (Lipinski definition) is 0. The van der Waals surface area contributed by atoms with Crippen LogP contribution in [0.4, 0.5) is 0 Å². The van der Waals surface area contributed by atoms with Gasteiger partial charge in [-0.3, -0.25) is 0 Å². The van der Waals surface area contributed by atoms with Gasteiger partial charge in [0, 0.05) is 20.2 Å². The van der Waals surface area contributed by atoms with Crippen molar-refractivity contribution >= 4 is 31.5 Å². The summed E-state index contributed by atoms with van der Waals surface area (Å²) in [4.78, 5) is 0. The first-order chi connectivity index (χ1) is 8.99. The molecule has 0 saturated heterocycles. The van der Waals surface area contributed by atoms with E-state index in [1.807, 2.05) is 11.3 Å². The Labute approximate surface area is 119 Å². The second kappa shape index (κ2) is 4.35. The molecule has 0 saturated carbocycles. The van der Waals surface area contributed by atoms with Gasteiger partial charge in [0.1, 0.15) is 0 Å². The van der Waals surface area contributed by atoms with E-state index >= 15 is 0 Å². The third-order valence-electron chi connectivity index (χ3n) is 3.81. The Hall–Kier alpha value is -1.34. The standard InChI is InChI=1S/C18H20S/c1-5-12-6-8-14-15-11-13(18(2,3)4)7-9-16(15)19-17(14)10-12/h6-11H,5H2,1-4H3. The van der Waals surface area contributed by atoms with E-state index in [0.29, 0.717) is 0 Å². The summed E-state index contributed by atoms with van der Waals surface area (Å²) in [6, 6.07) is 13.8. The summed E-state index contributed by atoms with van der Waals surface area (Å²) in [5, 5.41) is 2.82. The highest BCUT2D eigenvalue weighted by Crippen LogP contribution is 2.37. The van der Waals surface area contributed by atoms with Crippen LogP contribution in [-0.4, -0.2) is 0 Å². The highest BCUT2D eigenvalue weighted by Gasteiger charge is 2.15. The maximum Gasteiger partial charge on any atom is 0.0358 e. The molecule has 1 aromatic heterocycles. The number of aryl methyl sites for hydroxylation is 1. The summed E-state index contributed by atoms with van der Waals surface area (Å²) < 4.78 is 2.82. The van der Waals surface area contributed by atoms with Crippen molar-refractivity contribution in [2.24, 2.45) is 0 Å². The molecule has 0 atom stereocenters. The number of hydrogen-bond acceptors (Lipinski definition) is 1. The molecular weight excluding hydrogens is 248 g/mol. The molecule has 3 aromatic rings. The Kier molecular flexibility index (Phi) is 2.90. The van der Waals surface area contributed by atoms with Crippen LogP contribution < -0.4 is 0 Å². The summed E-state index contributed by atoms with van der Waals surface area (Å²) >= 11 is 1.91. The van der Waals surface area contributed by atoms with Crippen molar-refractivity contribution < 1.29 is 0 Å². The molecular formula is C18H20S. The summed E-state index contributed by atoms with van der Waals surface area (Å²) in [5.41, 5.74) is 3.06. The maximum atomic E-state index is 2.37. The van der Waals surface area contributed by atoms with Crippen LogP contribution in [0.15, 0.2) is 36.4 Å². The van der Waals surface area contributed by atoms with E-state index in [-0.39, 0.29) is 5.41 Å². The van der Waals surface area contributed by atoms with Gasteiger partial charge in [-0.15, -0.1) is 11.3 Å². The second-order valence-electron chi connectivity index (χ2n) is 6.25. The highest BCUT2D eigenvalue weighted by molar-refractivity contribution is 7.25. The van der Waals surface area contributed by atoms with Gasteiger partial charge in [-0.05, 0) is 41.2 Å². The van der Waals surface area contributed by atoms with E-state index in [0.717, 1.165) is 6.42 Å². The molecule has 3 rings (SSSR count). The lowest BCUT2D eigenvalue weighted by atomic mass is 9.86. The molecule has 0 fully saturated rings. The van der Waals surface area contributed by atoms with E-state index < -0.39 is 0 Å². The lowest BCUT2D eigenvalue weighted by molar-refractivity contribution is 0.591. The van der Waals surface area contributed by atoms with E-state index in [2.05, 4.69) is 64.1 Å². The molecule has 0 nitrogen and oxygen atoms in total. The Morgan fingerprint density at radius 2 is 1.68 bits per heavy atom. The Balaban J connectivity index is 2.30. The molecule has 0 spiro atoms. The van der Waals surface area contributed by atoms with Gasteiger partial charge in [0.15, 0.2) is 0 Å². The zero-order valence-corrected chi connectivity index (χ0v) is 12.9. The maximum absolute atomic E-state index is 2.37. The molecule has 0 bridgehead atoms. The fourth-order valence-corrected chi connectivity index (χ4v) is 3.66. The zero-order valence-electron chi connectivity index (χ0n) is 12.1. The number of rotatable bonds is 1. The lowest BCUT2D eigenvalue weighted by Crippen LogP contribution is -2.10. The topological polar surface area (TPSA) is 0 Å². The molecule has 0 N–H and O–H groups in total. The van der Waals surface area contributed by atoms with Gasteiger partial charge in [0.05, 0.1) is 0 Å². The third kappa shape index (κ3) is 2.17. The van der Waals surface area contributed by atoms with Crippen LogP contribution in [0.2, 0.25) is 0 Å². The molecule has 0 aliphatic rings. The lowest BCUT2D eigenvalue weighted by Gasteiger charge is -2.18. The van der Waals surface area contributed by atoms with Crippen molar-refractivity contribution in [3.63, 3.8) is 0 Å². The summed E-state index contributed by atoms with van der Waals surface area (Å²) in [6.45, 7) is 9.04. The predicted molar refractivity (Wildman–Crippen MR) is 87.4 cm³/mol. The van der Waals surface area contributed by atoms with E-state index in [1.165, 1.54) is 31.3 Å². The monoisotopic (exact) mass is 268 g/mol. The molecule has 0 aliphatic heterocycles. The van der Waals surface area contributed by atoms with Gasteiger partial charge < -0.3 is 0 Å². The first-order valence-electron chi connectivity index (χ1n) is 6.94. The number of benzene rings is 2. The smallest absolute Gasteiger partial charge is 0.0358 e. The second-order valence-corrected chi connectivity index (χ2v) is 7.33. The fourth-order valence-electron chi connectivity index (χ4n) is 2.51. The Bertz CT molecular complexity index is 741. The third-order valence-corrected chi connectivity index (χ3v) is 4.94. The fraction of sp³-hybridized carbons (Fsp3) is 0.333. The quantitative estimate of drug-likeness (QED) is 0.514. The van der Waals surface area contributed by atoms with Crippen LogP contribution in [0, 0.1) is 0 Å². The molecule has 2 aromatic carbocycles. The van der Waals surface area contributed by atoms with Gasteiger partial charge in [-0.2, -0.15) is 0 Å². The molecule has 0 aliphatic carbocycles. The van der Waals surface area contributed by atoms with Crippen LogP contribution in [0.1, 0.15) is 38.8 Å². The minimum atomic E-state index is 0.214. The van der Waals surface area contributed by atoms with Gasteiger partial charge in [-0.25, -0.2) is 0 Å². The zero-order chi connectivity index (χ0) is 13.6.